The molecule has 0 aromatic heterocycles. The summed E-state index contributed by atoms with van der Waals surface area (Å²) in [7, 11) is 0. The zero-order valence-electron chi connectivity index (χ0n) is 14.2. The molecule has 126 valence electrons. The number of hydrogen-bond acceptors (Lipinski definition) is 2. The van der Waals surface area contributed by atoms with Crippen LogP contribution in [0.15, 0.2) is 24.3 Å². The SMILES string of the molecule is CCCC[C@H](C)CN(C=S)/C(=C\C=O)c1cc(Cl)ccc1CC. The number of allylic oxidation sites excluding steroid dienone is 1. The average molecular weight is 352 g/mol. The lowest BCUT2D eigenvalue weighted by Crippen LogP contribution is -2.26. The first-order valence-corrected chi connectivity index (χ1v) is 9.08. The minimum absolute atomic E-state index is 0.508. The number of thiocarbonyl (C=S) groups is 1. The van der Waals surface area contributed by atoms with Crippen molar-refractivity contribution >= 4 is 41.3 Å². The van der Waals surface area contributed by atoms with Gasteiger partial charge in [-0.25, -0.2) is 0 Å². The summed E-state index contributed by atoms with van der Waals surface area (Å²) in [6, 6.07) is 5.81. The number of rotatable bonds is 10. The van der Waals surface area contributed by atoms with E-state index in [4.69, 9.17) is 23.8 Å². The van der Waals surface area contributed by atoms with Gasteiger partial charge in [0.1, 0.15) is 6.29 Å². The molecule has 0 saturated carbocycles. The fourth-order valence-electron chi connectivity index (χ4n) is 2.68. The van der Waals surface area contributed by atoms with Crippen LogP contribution >= 0.6 is 23.8 Å². The van der Waals surface area contributed by atoms with Gasteiger partial charge in [-0.2, -0.15) is 0 Å². The molecule has 0 aliphatic rings. The number of benzene rings is 1. The fraction of sp³-hybridized carbons (Fsp3) is 0.474. The van der Waals surface area contributed by atoms with Crippen LogP contribution < -0.4 is 0 Å². The molecule has 0 amide bonds. The first-order valence-electron chi connectivity index (χ1n) is 8.23. The maximum absolute atomic E-state index is 11.2. The van der Waals surface area contributed by atoms with Crippen LogP contribution in [0.2, 0.25) is 5.02 Å². The first kappa shape index (κ1) is 19.9. The lowest BCUT2D eigenvalue weighted by Gasteiger charge is -2.27. The summed E-state index contributed by atoms with van der Waals surface area (Å²) >= 11 is 11.4. The molecular formula is C19H26ClNOS. The Hall–Kier alpha value is -1.19. The highest BCUT2D eigenvalue weighted by Crippen LogP contribution is 2.27. The molecule has 0 fully saturated rings. The molecule has 1 atom stereocenters. The molecule has 0 N–H and O–H groups in total. The van der Waals surface area contributed by atoms with Gasteiger partial charge in [-0.1, -0.05) is 63.5 Å². The van der Waals surface area contributed by atoms with Gasteiger partial charge >= 0.3 is 0 Å². The third-order valence-electron chi connectivity index (χ3n) is 3.95. The van der Waals surface area contributed by atoms with E-state index in [1.807, 2.05) is 23.1 Å². The van der Waals surface area contributed by atoms with Crippen molar-refractivity contribution in [2.45, 2.75) is 46.5 Å². The molecule has 0 aliphatic carbocycles. The maximum Gasteiger partial charge on any atom is 0.144 e. The van der Waals surface area contributed by atoms with Crippen LogP contribution in [0, 0.1) is 5.92 Å². The number of nitrogens with zero attached hydrogens (tertiary/aromatic N) is 1. The van der Waals surface area contributed by atoms with E-state index in [-0.39, 0.29) is 0 Å². The van der Waals surface area contributed by atoms with Crippen LogP contribution in [0.5, 0.6) is 0 Å². The molecule has 0 aliphatic heterocycles. The minimum Gasteiger partial charge on any atom is -0.338 e. The predicted molar refractivity (Wildman–Crippen MR) is 104 cm³/mol. The number of unbranched alkanes of at least 4 members (excludes halogenated alkanes) is 1. The zero-order chi connectivity index (χ0) is 17.2. The lowest BCUT2D eigenvalue weighted by molar-refractivity contribution is -0.104. The van der Waals surface area contributed by atoms with E-state index < -0.39 is 0 Å². The van der Waals surface area contributed by atoms with E-state index in [0.29, 0.717) is 10.9 Å². The molecule has 4 heteroatoms. The molecule has 0 spiro atoms. The van der Waals surface area contributed by atoms with E-state index in [9.17, 15) is 4.79 Å². The Morgan fingerprint density at radius 3 is 2.70 bits per heavy atom. The van der Waals surface area contributed by atoms with Gasteiger partial charge in [0.2, 0.25) is 0 Å². The average Bonchev–Trinajstić information content (AvgIpc) is 2.56. The summed E-state index contributed by atoms with van der Waals surface area (Å²) < 4.78 is 0. The van der Waals surface area contributed by atoms with Gasteiger partial charge in [0.05, 0.1) is 11.2 Å². The van der Waals surface area contributed by atoms with E-state index >= 15 is 0 Å². The van der Waals surface area contributed by atoms with Crippen molar-refractivity contribution < 1.29 is 4.79 Å². The Labute approximate surface area is 150 Å². The topological polar surface area (TPSA) is 20.3 Å². The lowest BCUT2D eigenvalue weighted by atomic mass is 9.99. The largest absolute Gasteiger partial charge is 0.338 e. The second-order valence-corrected chi connectivity index (χ2v) is 6.50. The molecule has 0 bridgehead atoms. The van der Waals surface area contributed by atoms with Crippen molar-refractivity contribution in [1.29, 1.82) is 0 Å². The summed E-state index contributed by atoms with van der Waals surface area (Å²) in [6.45, 7) is 7.31. The molecule has 0 heterocycles. The van der Waals surface area contributed by atoms with Gasteiger partial charge in [0.15, 0.2) is 0 Å². The third-order valence-corrected chi connectivity index (χ3v) is 4.44. The second-order valence-electron chi connectivity index (χ2n) is 5.85. The summed E-state index contributed by atoms with van der Waals surface area (Å²) in [5, 5.41) is 0.664. The fourth-order valence-corrected chi connectivity index (χ4v) is 3.05. The third kappa shape index (κ3) is 6.08. The van der Waals surface area contributed by atoms with Gasteiger partial charge in [-0.05, 0) is 36.5 Å². The molecule has 1 rings (SSSR count). The number of aldehydes is 1. The first-order chi connectivity index (χ1) is 11.1. The van der Waals surface area contributed by atoms with Gasteiger partial charge < -0.3 is 4.90 Å². The number of carbonyl (C=O) groups is 1. The summed E-state index contributed by atoms with van der Waals surface area (Å²) in [4.78, 5) is 13.2. The van der Waals surface area contributed by atoms with E-state index in [1.165, 1.54) is 12.8 Å². The predicted octanol–water partition coefficient (Wildman–Crippen LogP) is 5.53. The number of hydrogen-bond donors (Lipinski definition) is 0. The highest BCUT2D eigenvalue weighted by atomic mass is 35.5. The Balaban J connectivity index is 3.13. The van der Waals surface area contributed by atoms with Crippen molar-refractivity contribution in [2.75, 3.05) is 6.54 Å². The molecular weight excluding hydrogens is 326 g/mol. The van der Waals surface area contributed by atoms with E-state index in [0.717, 1.165) is 42.5 Å². The molecule has 23 heavy (non-hydrogen) atoms. The normalized spacial score (nSPS) is 12.8. The van der Waals surface area contributed by atoms with Crippen molar-refractivity contribution in [3.63, 3.8) is 0 Å². The molecule has 0 radical (unpaired) electrons. The second kappa shape index (κ2) is 10.6. The van der Waals surface area contributed by atoms with Crippen molar-refractivity contribution in [1.82, 2.24) is 4.90 Å². The molecule has 0 unspecified atom stereocenters. The molecule has 0 saturated heterocycles. The van der Waals surface area contributed by atoms with Crippen LogP contribution in [0.4, 0.5) is 0 Å². The van der Waals surface area contributed by atoms with E-state index in [1.54, 1.807) is 11.6 Å². The summed E-state index contributed by atoms with van der Waals surface area (Å²) in [5.41, 5.74) is 4.61. The van der Waals surface area contributed by atoms with Gasteiger partial charge in [0.25, 0.3) is 0 Å². The molecule has 2 nitrogen and oxygen atoms in total. The maximum atomic E-state index is 11.2. The van der Waals surface area contributed by atoms with Crippen LogP contribution in [-0.2, 0) is 11.2 Å². The molecule has 1 aromatic rings. The van der Waals surface area contributed by atoms with Crippen molar-refractivity contribution in [3.05, 3.63) is 40.4 Å². The van der Waals surface area contributed by atoms with Crippen molar-refractivity contribution in [2.24, 2.45) is 5.92 Å². The zero-order valence-corrected chi connectivity index (χ0v) is 15.8. The summed E-state index contributed by atoms with van der Waals surface area (Å²) in [5.74, 6) is 0.508. The van der Waals surface area contributed by atoms with Gasteiger partial charge in [-0.15, -0.1) is 0 Å². The van der Waals surface area contributed by atoms with E-state index in [2.05, 4.69) is 20.8 Å². The summed E-state index contributed by atoms with van der Waals surface area (Å²) in [6.07, 6.45) is 6.82. The highest BCUT2D eigenvalue weighted by molar-refractivity contribution is 7.78. The standard InChI is InChI=1S/C19H26ClNOS/c1-4-6-7-15(3)13-21(14-23)19(10-11-22)18-12-17(20)9-8-16(18)5-2/h8-12,14-15H,4-7,13H2,1-3H3/b19-10-/t15-/m0/s1. The molecule has 1 aromatic carbocycles. The van der Waals surface area contributed by atoms with Gasteiger partial charge in [0, 0.05) is 23.2 Å². The minimum atomic E-state index is 0.508. The highest BCUT2D eigenvalue weighted by Gasteiger charge is 2.16. The smallest absolute Gasteiger partial charge is 0.144 e. The Kier molecular flexibility index (Phi) is 9.12. The van der Waals surface area contributed by atoms with Gasteiger partial charge in [-0.3, -0.25) is 4.79 Å². The Bertz CT molecular complexity index is 556. The van der Waals surface area contributed by atoms with Crippen molar-refractivity contribution in [3.8, 4) is 0 Å². The Morgan fingerprint density at radius 1 is 1.39 bits per heavy atom. The van der Waals surface area contributed by atoms with Crippen LogP contribution in [0.25, 0.3) is 5.70 Å². The Morgan fingerprint density at radius 2 is 2.13 bits per heavy atom. The van der Waals surface area contributed by atoms with Crippen LogP contribution in [-0.4, -0.2) is 23.2 Å². The number of carbonyl (C=O) groups excluding carboxylic acids is 1. The van der Waals surface area contributed by atoms with Crippen LogP contribution in [0.3, 0.4) is 0 Å². The quantitative estimate of drug-likeness (QED) is 0.314. The number of halogens is 1. The van der Waals surface area contributed by atoms with Crippen LogP contribution in [0.1, 0.15) is 51.2 Å². The monoisotopic (exact) mass is 351 g/mol. The number of aryl methyl sites for hydroxylation is 1.